The molecular formula is C11H19N3O. The minimum absolute atomic E-state index is 0.115. The van der Waals surface area contributed by atoms with Gasteiger partial charge in [0.1, 0.15) is 0 Å². The third kappa shape index (κ3) is 4.14. The molecule has 0 saturated heterocycles. The minimum atomic E-state index is -0.115. The van der Waals surface area contributed by atoms with E-state index in [9.17, 15) is 4.79 Å². The van der Waals surface area contributed by atoms with Crippen molar-refractivity contribution in [1.82, 2.24) is 9.97 Å². The first-order valence-electron chi connectivity index (χ1n) is 5.55. The Bertz CT molecular complexity index is 335. The summed E-state index contributed by atoms with van der Waals surface area (Å²) >= 11 is 0. The number of aromatic amines is 1. The summed E-state index contributed by atoms with van der Waals surface area (Å²) in [6.45, 7) is 5.24. The van der Waals surface area contributed by atoms with E-state index in [0.717, 1.165) is 13.0 Å². The highest BCUT2D eigenvalue weighted by Crippen LogP contribution is 2.10. The summed E-state index contributed by atoms with van der Waals surface area (Å²) in [7, 11) is 0. The molecule has 1 aromatic rings. The Balaban J connectivity index is 2.45. The first kappa shape index (κ1) is 11.8. The lowest BCUT2D eigenvalue weighted by molar-refractivity contribution is 0.486. The van der Waals surface area contributed by atoms with Crippen molar-refractivity contribution in [3.8, 4) is 0 Å². The fourth-order valence-corrected chi connectivity index (χ4v) is 1.56. The molecule has 2 N–H and O–H groups in total. The maximum absolute atomic E-state index is 11.0. The van der Waals surface area contributed by atoms with E-state index in [1.54, 1.807) is 0 Å². The number of hydrogen-bond donors (Lipinski definition) is 2. The molecule has 84 valence electrons. The van der Waals surface area contributed by atoms with E-state index in [-0.39, 0.29) is 5.56 Å². The normalized spacial score (nSPS) is 12.4. The summed E-state index contributed by atoms with van der Waals surface area (Å²) in [5.41, 5.74) is -0.115. The van der Waals surface area contributed by atoms with E-state index in [4.69, 9.17) is 0 Å². The molecule has 4 nitrogen and oxygen atoms in total. The van der Waals surface area contributed by atoms with Gasteiger partial charge in [0.15, 0.2) is 0 Å². The molecule has 1 aromatic heterocycles. The average molecular weight is 209 g/mol. The van der Waals surface area contributed by atoms with E-state index in [1.807, 2.05) is 0 Å². The van der Waals surface area contributed by atoms with Crippen molar-refractivity contribution in [3.05, 3.63) is 22.6 Å². The van der Waals surface area contributed by atoms with Crippen LogP contribution in [0.1, 0.15) is 33.1 Å². The van der Waals surface area contributed by atoms with Crippen molar-refractivity contribution >= 4 is 5.95 Å². The SMILES string of the molecule is CCCC(CC)CNc1nccc(=O)[nH]1. The Morgan fingerprint density at radius 1 is 1.53 bits per heavy atom. The molecule has 0 amide bonds. The lowest BCUT2D eigenvalue weighted by atomic mass is 10.0. The summed E-state index contributed by atoms with van der Waals surface area (Å²) in [5, 5.41) is 3.15. The van der Waals surface area contributed by atoms with Gasteiger partial charge in [0.2, 0.25) is 5.95 Å². The van der Waals surface area contributed by atoms with Crippen LogP contribution in [0.25, 0.3) is 0 Å². The Kier molecular flexibility index (Phi) is 4.87. The van der Waals surface area contributed by atoms with Crippen LogP contribution >= 0.6 is 0 Å². The standard InChI is InChI=1S/C11H19N3O/c1-3-5-9(4-2)8-13-11-12-7-6-10(15)14-11/h6-7,9H,3-5,8H2,1-2H3,(H2,12,13,14,15). The fourth-order valence-electron chi connectivity index (χ4n) is 1.56. The molecule has 0 aliphatic carbocycles. The molecule has 4 heteroatoms. The topological polar surface area (TPSA) is 57.8 Å². The number of anilines is 1. The van der Waals surface area contributed by atoms with Crippen molar-refractivity contribution in [1.29, 1.82) is 0 Å². The predicted molar refractivity (Wildman–Crippen MR) is 62.0 cm³/mol. The highest BCUT2D eigenvalue weighted by molar-refractivity contribution is 5.21. The van der Waals surface area contributed by atoms with Crippen LogP contribution in [0.4, 0.5) is 5.95 Å². The van der Waals surface area contributed by atoms with E-state index >= 15 is 0 Å². The van der Waals surface area contributed by atoms with Crippen LogP contribution in [0, 0.1) is 5.92 Å². The van der Waals surface area contributed by atoms with Crippen LogP contribution < -0.4 is 10.9 Å². The van der Waals surface area contributed by atoms with Gasteiger partial charge in [-0.05, 0) is 12.3 Å². The minimum Gasteiger partial charge on any atom is -0.355 e. The smallest absolute Gasteiger partial charge is 0.252 e. The maximum atomic E-state index is 11.0. The van der Waals surface area contributed by atoms with E-state index in [0.29, 0.717) is 11.9 Å². The summed E-state index contributed by atoms with van der Waals surface area (Å²) in [5.74, 6) is 1.22. The molecule has 0 bridgehead atoms. The third-order valence-corrected chi connectivity index (χ3v) is 2.50. The summed E-state index contributed by atoms with van der Waals surface area (Å²) in [4.78, 5) is 17.7. The zero-order chi connectivity index (χ0) is 11.1. The quantitative estimate of drug-likeness (QED) is 0.753. The molecule has 1 unspecified atom stereocenters. The number of nitrogens with one attached hydrogen (secondary N) is 2. The van der Waals surface area contributed by atoms with Crippen molar-refractivity contribution in [3.63, 3.8) is 0 Å². The molecule has 1 rings (SSSR count). The number of aromatic nitrogens is 2. The lowest BCUT2D eigenvalue weighted by Gasteiger charge is -2.14. The summed E-state index contributed by atoms with van der Waals surface area (Å²) in [6, 6.07) is 1.41. The van der Waals surface area contributed by atoms with Gasteiger partial charge in [0.25, 0.3) is 5.56 Å². The number of nitrogens with zero attached hydrogens (tertiary/aromatic N) is 1. The van der Waals surface area contributed by atoms with E-state index in [2.05, 4.69) is 29.1 Å². The van der Waals surface area contributed by atoms with Gasteiger partial charge in [-0.2, -0.15) is 0 Å². The molecule has 1 heterocycles. The third-order valence-electron chi connectivity index (χ3n) is 2.50. The molecule has 1 atom stereocenters. The first-order chi connectivity index (χ1) is 7.26. The van der Waals surface area contributed by atoms with Gasteiger partial charge in [-0.3, -0.25) is 9.78 Å². The second-order valence-corrected chi connectivity index (χ2v) is 3.73. The molecule has 0 aromatic carbocycles. The molecule has 0 saturated carbocycles. The lowest BCUT2D eigenvalue weighted by Crippen LogP contribution is -2.17. The van der Waals surface area contributed by atoms with Gasteiger partial charge >= 0.3 is 0 Å². The first-order valence-corrected chi connectivity index (χ1v) is 5.55. The predicted octanol–water partition coefficient (Wildman–Crippen LogP) is 2.01. The average Bonchev–Trinajstić information content (AvgIpc) is 2.24. The monoisotopic (exact) mass is 209 g/mol. The van der Waals surface area contributed by atoms with Crippen LogP contribution in [0.3, 0.4) is 0 Å². The molecule has 0 fully saturated rings. The van der Waals surface area contributed by atoms with E-state index in [1.165, 1.54) is 25.1 Å². The van der Waals surface area contributed by atoms with Crippen LogP contribution in [-0.4, -0.2) is 16.5 Å². The van der Waals surface area contributed by atoms with Gasteiger partial charge in [0.05, 0.1) is 0 Å². The Morgan fingerprint density at radius 3 is 2.93 bits per heavy atom. The number of hydrogen-bond acceptors (Lipinski definition) is 3. The molecule has 0 radical (unpaired) electrons. The van der Waals surface area contributed by atoms with Crippen LogP contribution in [0.15, 0.2) is 17.1 Å². The molecule has 0 aliphatic rings. The largest absolute Gasteiger partial charge is 0.355 e. The Labute approximate surface area is 90.1 Å². The number of H-pyrrole nitrogens is 1. The molecule has 0 spiro atoms. The number of rotatable bonds is 6. The van der Waals surface area contributed by atoms with Crippen molar-refractivity contribution in [2.45, 2.75) is 33.1 Å². The van der Waals surface area contributed by atoms with Crippen LogP contribution in [0.5, 0.6) is 0 Å². The van der Waals surface area contributed by atoms with Crippen molar-refractivity contribution < 1.29 is 0 Å². The van der Waals surface area contributed by atoms with Crippen molar-refractivity contribution in [2.24, 2.45) is 5.92 Å². The molecule has 0 aliphatic heterocycles. The Morgan fingerprint density at radius 2 is 2.33 bits per heavy atom. The zero-order valence-corrected chi connectivity index (χ0v) is 9.42. The van der Waals surface area contributed by atoms with Gasteiger partial charge in [-0.25, -0.2) is 4.98 Å². The summed E-state index contributed by atoms with van der Waals surface area (Å²) < 4.78 is 0. The summed E-state index contributed by atoms with van der Waals surface area (Å²) in [6.07, 6.45) is 5.07. The molecular weight excluding hydrogens is 190 g/mol. The highest BCUT2D eigenvalue weighted by Gasteiger charge is 2.04. The van der Waals surface area contributed by atoms with Crippen LogP contribution in [-0.2, 0) is 0 Å². The molecule has 15 heavy (non-hydrogen) atoms. The van der Waals surface area contributed by atoms with E-state index < -0.39 is 0 Å². The van der Waals surface area contributed by atoms with Gasteiger partial charge in [-0.1, -0.05) is 26.7 Å². The second-order valence-electron chi connectivity index (χ2n) is 3.73. The fraction of sp³-hybridized carbons (Fsp3) is 0.636. The van der Waals surface area contributed by atoms with Gasteiger partial charge in [-0.15, -0.1) is 0 Å². The second kappa shape index (κ2) is 6.22. The zero-order valence-electron chi connectivity index (χ0n) is 9.42. The van der Waals surface area contributed by atoms with Gasteiger partial charge in [0, 0.05) is 18.8 Å². The van der Waals surface area contributed by atoms with Gasteiger partial charge < -0.3 is 5.32 Å². The van der Waals surface area contributed by atoms with Crippen molar-refractivity contribution in [2.75, 3.05) is 11.9 Å². The highest BCUT2D eigenvalue weighted by atomic mass is 16.1. The Hall–Kier alpha value is -1.32. The van der Waals surface area contributed by atoms with Crippen LogP contribution in [0.2, 0.25) is 0 Å². The maximum Gasteiger partial charge on any atom is 0.252 e.